The van der Waals surface area contributed by atoms with Crippen molar-refractivity contribution in [2.24, 2.45) is 5.10 Å². The van der Waals surface area contributed by atoms with Crippen LogP contribution in [0, 0.1) is 0 Å². The van der Waals surface area contributed by atoms with E-state index in [-0.39, 0.29) is 6.03 Å². The number of hydrogen-bond donors (Lipinski definition) is 2. The zero-order valence-electron chi connectivity index (χ0n) is 10.9. The minimum atomic E-state index is -0.367. The van der Waals surface area contributed by atoms with Crippen LogP contribution in [0.4, 0.5) is 4.79 Å². The van der Waals surface area contributed by atoms with Gasteiger partial charge in [0.1, 0.15) is 5.15 Å². The summed E-state index contributed by atoms with van der Waals surface area (Å²) in [6.45, 7) is 0.583. The zero-order chi connectivity index (χ0) is 14.4. The molecule has 0 unspecified atom stereocenters. The number of pyridine rings is 2. The summed E-state index contributed by atoms with van der Waals surface area (Å²) < 4.78 is 1.89. The van der Waals surface area contributed by atoms with E-state index < -0.39 is 0 Å². The van der Waals surface area contributed by atoms with Gasteiger partial charge in [-0.15, -0.1) is 0 Å². The molecule has 0 bridgehead atoms. The van der Waals surface area contributed by atoms with Gasteiger partial charge in [-0.3, -0.25) is 0 Å². The summed E-state index contributed by atoms with van der Waals surface area (Å²) in [5, 5.41) is 6.93. The number of aromatic nitrogens is 2. The summed E-state index contributed by atoms with van der Waals surface area (Å²) in [7, 11) is 1.53. The Hall–Kier alpha value is -2.34. The molecular weight excluding hydrogens is 278 g/mol. The van der Waals surface area contributed by atoms with Crippen LogP contribution >= 0.6 is 11.6 Å². The fourth-order valence-electron chi connectivity index (χ4n) is 1.56. The predicted octanol–water partition coefficient (Wildman–Crippen LogP) is 1.33. The quantitative estimate of drug-likeness (QED) is 0.661. The first-order valence-corrected chi connectivity index (χ1v) is 6.34. The Labute approximate surface area is 121 Å². The van der Waals surface area contributed by atoms with Gasteiger partial charge in [-0.25, -0.2) is 15.2 Å². The summed E-state index contributed by atoms with van der Waals surface area (Å²) in [6.07, 6.45) is 3.58. The molecule has 0 fully saturated rings. The lowest BCUT2D eigenvalue weighted by Gasteiger charge is -2.07. The average Bonchev–Trinajstić information content (AvgIpc) is 2.48. The molecule has 7 heteroatoms. The van der Waals surface area contributed by atoms with E-state index in [1.807, 2.05) is 29.0 Å². The Balaban J connectivity index is 2.23. The molecular formula is C13H14ClN5O. The molecule has 2 rings (SSSR count). The minimum absolute atomic E-state index is 0.367. The van der Waals surface area contributed by atoms with Crippen LogP contribution in [0.3, 0.4) is 0 Å². The van der Waals surface area contributed by atoms with Gasteiger partial charge in [0.15, 0.2) is 5.49 Å². The standard InChI is InChI=1S/C13H14ClN5O/c1-15-13(20)18-17-12-4-2-3-7-19(12)9-10-5-6-11(14)16-8-10/h2-8H,9H2,1H3,(H2,15,18,20)/b17-12+. The number of hydrogen-bond acceptors (Lipinski definition) is 3. The first-order valence-electron chi connectivity index (χ1n) is 5.96. The molecule has 2 aromatic heterocycles. The Bertz CT molecular complexity index is 650. The molecule has 2 N–H and O–H groups in total. The third-order valence-electron chi connectivity index (χ3n) is 2.56. The van der Waals surface area contributed by atoms with E-state index in [9.17, 15) is 4.79 Å². The fourth-order valence-corrected chi connectivity index (χ4v) is 1.67. The maximum absolute atomic E-state index is 11.1. The number of rotatable bonds is 3. The van der Waals surface area contributed by atoms with Crippen molar-refractivity contribution >= 4 is 17.6 Å². The van der Waals surface area contributed by atoms with Gasteiger partial charge in [0.05, 0.1) is 6.54 Å². The molecule has 0 saturated carbocycles. The van der Waals surface area contributed by atoms with Gasteiger partial charge in [-0.05, 0) is 23.8 Å². The Morgan fingerprint density at radius 1 is 1.40 bits per heavy atom. The molecule has 6 nitrogen and oxygen atoms in total. The van der Waals surface area contributed by atoms with Crippen LogP contribution in [0.15, 0.2) is 47.8 Å². The van der Waals surface area contributed by atoms with Crippen LogP contribution in [-0.4, -0.2) is 22.6 Å². The van der Waals surface area contributed by atoms with E-state index >= 15 is 0 Å². The van der Waals surface area contributed by atoms with E-state index in [2.05, 4.69) is 20.8 Å². The monoisotopic (exact) mass is 291 g/mol. The molecule has 2 heterocycles. The summed E-state index contributed by atoms with van der Waals surface area (Å²) in [4.78, 5) is 15.2. The van der Waals surface area contributed by atoms with E-state index in [0.29, 0.717) is 17.2 Å². The number of amides is 2. The van der Waals surface area contributed by atoms with Gasteiger partial charge in [0, 0.05) is 19.4 Å². The Morgan fingerprint density at radius 2 is 2.25 bits per heavy atom. The fraction of sp³-hybridized carbons (Fsp3) is 0.154. The molecule has 20 heavy (non-hydrogen) atoms. The molecule has 0 aliphatic heterocycles. The highest BCUT2D eigenvalue weighted by molar-refractivity contribution is 6.29. The molecule has 0 aliphatic rings. The Morgan fingerprint density at radius 3 is 2.95 bits per heavy atom. The van der Waals surface area contributed by atoms with Gasteiger partial charge in [0.2, 0.25) is 0 Å². The van der Waals surface area contributed by atoms with Crippen molar-refractivity contribution in [3.8, 4) is 0 Å². The second-order valence-corrected chi connectivity index (χ2v) is 4.37. The van der Waals surface area contributed by atoms with Crippen LogP contribution < -0.4 is 16.2 Å². The predicted molar refractivity (Wildman–Crippen MR) is 75.9 cm³/mol. The summed E-state index contributed by atoms with van der Waals surface area (Å²) >= 11 is 5.76. The molecule has 0 aliphatic carbocycles. The average molecular weight is 292 g/mol. The first kappa shape index (κ1) is 14.1. The van der Waals surface area contributed by atoms with Gasteiger partial charge in [0.25, 0.3) is 0 Å². The molecule has 0 radical (unpaired) electrons. The number of halogens is 1. The summed E-state index contributed by atoms with van der Waals surface area (Å²) in [6, 6.07) is 8.81. The van der Waals surface area contributed by atoms with Crippen molar-refractivity contribution < 1.29 is 4.79 Å². The van der Waals surface area contributed by atoms with Crippen LogP contribution in [-0.2, 0) is 6.54 Å². The van der Waals surface area contributed by atoms with Crippen LogP contribution in [0.1, 0.15) is 5.56 Å². The van der Waals surface area contributed by atoms with Crippen molar-refractivity contribution in [2.75, 3.05) is 7.05 Å². The van der Waals surface area contributed by atoms with Crippen molar-refractivity contribution in [1.82, 2.24) is 20.3 Å². The molecule has 104 valence electrons. The van der Waals surface area contributed by atoms with E-state index in [0.717, 1.165) is 5.56 Å². The van der Waals surface area contributed by atoms with Gasteiger partial charge < -0.3 is 9.88 Å². The lowest BCUT2D eigenvalue weighted by atomic mass is 10.3. The topological polar surface area (TPSA) is 71.3 Å². The number of nitrogens with zero attached hydrogens (tertiary/aromatic N) is 3. The Kier molecular flexibility index (Phi) is 4.73. The molecule has 2 aromatic rings. The highest BCUT2D eigenvalue weighted by atomic mass is 35.5. The maximum atomic E-state index is 11.1. The van der Waals surface area contributed by atoms with Gasteiger partial charge in [-0.1, -0.05) is 23.7 Å². The summed E-state index contributed by atoms with van der Waals surface area (Å²) in [5.41, 5.74) is 4.02. The maximum Gasteiger partial charge on any atom is 0.334 e. The van der Waals surface area contributed by atoms with Crippen LogP contribution in [0.2, 0.25) is 5.15 Å². The molecule has 0 saturated heterocycles. The normalized spacial score (nSPS) is 11.2. The number of carbonyl (C=O) groups is 1. The second-order valence-electron chi connectivity index (χ2n) is 3.98. The largest absolute Gasteiger partial charge is 0.340 e. The van der Waals surface area contributed by atoms with Crippen LogP contribution in [0.5, 0.6) is 0 Å². The number of carbonyl (C=O) groups excluding carboxylic acids is 1. The van der Waals surface area contributed by atoms with Gasteiger partial charge >= 0.3 is 6.03 Å². The first-order chi connectivity index (χ1) is 9.69. The number of urea groups is 1. The lowest BCUT2D eigenvalue weighted by Crippen LogP contribution is -2.32. The number of nitrogens with one attached hydrogen (secondary N) is 2. The second kappa shape index (κ2) is 6.72. The van der Waals surface area contributed by atoms with E-state index in [4.69, 9.17) is 11.6 Å². The molecule has 2 amide bonds. The van der Waals surface area contributed by atoms with Crippen molar-refractivity contribution in [3.63, 3.8) is 0 Å². The van der Waals surface area contributed by atoms with Crippen molar-refractivity contribution in [3.05, 3.63) is 58.9 Å². The van der Waals surface area contributed by atoms with Gasteiger partial charge in [-0.2, -0.15) is 5.10 Å². The third kappa shape index (κ3) is 3.83. The van der Waals surface area contributed by atoms with Crippen LogP contribution in [0.25, 0.3) is 0 Å². The highest BCUT2D eigenvalue weighted by Crippen LogP contribution is 2.05. The molecule has 0 spiro atoms. The third-order valence-corrected chi connectivity index (χ3v) is 2.78. The highest BCUT2D eigenvalue weighted by Gasteiger charge is 1.98. The van der Waals surface area contributed by atoms with E-state index in [1.165, 1.54) is 7.05 Å². The molecule has 0 atom stereocenters. The summed E-state index contributed by atoms with van der Waals surface area (Å²) in [5.74, 6) is 0. The van der Waals surface area contributed by atoms with Crippen molar-refractivity contribution in [2.45, 2.75) is 6.54 Å². The van der Waals surface area contributed by atoms with Crippen molar-refractivity contribution in [1.29, 1.82) is 0 Å². The smallest absolute Gasteiger partial charge is 0.334 e. The molecule has 0 aromatic carbocycles. The zero-order valence-corrected chi connectivity index (χ0v) is 11.6. The lowest BCUT2D eigenvalue weighted by molar-refractivity contribution is 0.243. The van der Waals surface area contributed by atoms with E-state index in [1.54, 1.807) is 18.3 Å². The SMILES string of the molecule is CNC(=O)N/N=c1\ccccn1Cc1ccc(Cl)nc1. The minimum Gasteiger partial charge on any atom is -0.340 e.